The number of nitro groups is 1. The molecule has 8 nitrogen and oxygen atoms in total. The molecule has 1 aromatic carbocycles. The highest BCUT2D eigenvalue weighted by Gasteiger charge is 2.32. The van der Waals surface area contributed by atoms with E-state index in [0.717, 1.165) is 6.42 Å². The van der Waals surface area contributed by atoms with E-state index < -0.39 is 16.2 Å². The molecule has 0 amide bonds. The summed E-state index contributed by atoms with van der Waals surface area (Å²) >= 11 is 5.59. The minimum atomic E-state index is -0.551. The van der Waals surface area contributed by atoms with Crippen LogP contribution in [-0.2, 0) is 4.79 Å². The molecule has 1 fully saturated rings. The SMILES string of the molecule is O=C(Cl)C1CCCN1c1ccc([N+](=O)[O-])c2nonc12. The fourth-order valence-electron chi connectivity index (χ4n) is 2.51. The number of fused-ring (bicyclic) bond motifs is 1. The van der Waals surface area contributed by atoms with Crippen LogP contribution in [0.3, 0.4) is 0 Å². The van der Waals surface area contributed by atoms with Crippen molar-refractivity contribution in [1.82, 2.24) is 10.3 Å². The first-order chi connectivity index (χ1) is 9.59. The van der Waals surface area contributed by atoms with E-state index in [1.165, 1.54) is 6.07 Å². The van der Waals surface area contributed by atoms with Gasteiger partial charge in [0.15, 0.2) is 5.52 Å². The Bertz CT molecular complexity index is 701. The van der Waals surface area contributed by atoms with Crippen molar-refractivity contribution < 1.29 is 14.3 Å². The summed E-state index contributed by atoms with van der Waals surface area (Å²) in [5.74, 6) is 0. The molecule has 1 unspecified atom stereocenters. The van der Waals surface area contributed by atoms with Crippen LogP contribution in [0.25, 0.3) is 11.0 Å². The predicted octanol–water partition coefficient (Wildman–Crippen LogP) is 1.87. The number of non-ortho nitro benzene ring substituents is 1. The maximum Gasteiger partial charge on any atom is 0.300 e. The van der Waals surface area contributed by atoms with Crippen molar-refractivity contribution >= 4 is 39.3 Å². The highest BCUT2D eigenvalue weighted by Crippen LogP contribution is 2.35. The number of nitro benzene ring substituents is 1. The van der Waals surface area contributed by atoms with Crippen LogP contribution in [0.2, 0.25) is 0 Å². The second kappa shape index (κ2) is 4.71. The predicted molar refractivity (Wildman–Crippen MR) is 69.7 cm³/mol. The van der Waals surface area contributed by atoms with E-state index in [9.17, 15) is 14.9 Å². The molecule has 0 bridgehead atoms. The summed E-state index contributed by atoms with van der Waals surface area (Å²) in [5.41, 5.74) is 0.727. The van der Waals surface area contributed by atoms with Gasteiger partial charge >= 0.3 is 5.69 Å². The Morgan fingerprint density at radius 1 is 1.45 bits per heavy atom. The highest BCUT2D eigenvalue weighted by atomic mass is 35.5. The van der Waals surface area contributed by atoms with E-state index >= 15 is 0 Å². The van der Waals surface area contributed by atoms with Gasteiger partial charge in [-0.15, -0.1) is 0 Å². The Labute approximate surface area is 117 Å². The van der Waals surface area contributed by atoms with Crippen LogP contribution in [0, 0.1) is 10.1 Å². The molecule has 0 radical (unpaired) electrons. The molecule has 2 heterocycles. The van der Waals surface area contributed by atoms with E-state index in [-0.39, 0.29) is 16.7 Å². The Balaban J connectivity index is 2.13. The number of rotatable bonds is 3. The highest BCUT2D eigenvalue weighted by molar-refractivity contribution is 6.65. The fourth-order valence-corrected chi connectivity index (χ4v) is 2.74. The van der Waals surface area contributed by atoms with Crippen LogP contribution in [0.1, 0.15) is 12.8 Å². The van der Waals surface area contributed by atoms with Gasteiger partial charge in [0.1, 0.15) is 6.04 Å². The second-order valence-electron chi connectivity index (χ2n) is 4.48. The fraction of sp³-hybridized carbons (Fsp3) is 0.364. The van der Waals surface area contributed by atoms with Crippen molar-refractivity contribution in [2.75, 3.05) is 11.4 Å². The summed E-state index contributed by atoms with van der Waals surface area (Å²) in [5, 5.41) is 17.8. The van der Waals surface area contributed by atoms with Crippen molar-refractivity contribution in [3.05, 3.63) is 22.2 Å². The topological polar surface area (TPSA) is 102 Å². The van der Waals surface area contributed by atoms with Gasteiger partial charge in [0.25, 0.3) is 0 Å². The standard InChI is InChI=1S/C11H9ClN4O4/c12-11(17)8-2-1-5-15(8)6-3-4-7(16(18)19)10-9(6)13-20-14-10/h3-4,8H,1-2,5H2. The van der Waals surface area contributed by atoms with Gasteiger partial charge in [0, 0.05) is 12.6 Å². The van der Waals surface area contributed by atoms with E-state index in [2.05, 4.69) is 14.9 Å². The first kappa shape index (κ1) is 12.8. The third-order valence-electron chi connectivity index (χ3n) is 3.39. The third-order valence-corrected chi connectivity index (χ3v) is 3.65. The molecule has 0 spiro atoms. The molecular formula is C11H9ClN4O4. The average molecular weight is 297 g/mol. The molecule has 1 aliphatic heterocycles. The molecule has 2 aromatic rings. The van der Waals surface area contributed by atoms with Gasteiger partial charge in [-0.1, -0.05) is 0 Å². The zero-order valence-corrected chi connectivity index (χ0v) is 10.9. The molecule has 1 aromatic heterocycles. The number of hydrogen-bond acceptors (Lipinski definition) is 7. The van der Waals surface area contributed by atoms with Gasteiger partial charge in [-0.2, -0.15) is 0 Å². The molecule has 1 aliphatic rings. The number of hydrogen-bond donors (Lipinski definition) is 0. The van der Waals surface area contributed by atoms with Gasteiger partial charge in [0.05, 0.1) is 10.6 Å². The van der Waals surface area contributed by atoms with Crippen LogP contribution in [0.15, 0.2) is 16.8 Å². The number of anilines is 1. The maximum absolute atomic E-state index is 11.4. The van der Waals surface area contributed by atoms with Crippen molar-refractivity contribution in [1.29, 1.82) is 0 Å². The molecule has 0 N–H and O–H groups in total. The van der Waals surface area contributed by atoms with Crippen LogP contribution < -0.4 is 4.90 Å². The average Bonchev–Trinajstić information content (AvgIpc) is 3.06. The van der Waals surface area contributed by atoms with Gasteiger partial charge < -0.3 is 4.90 Å². The van der Waals surface area contributed by atoms with E-state index in [1.807, 2.05) is 0 Å². The second-order valence-corrected chi connectivity index (χ2v) is 4.85. The Hall–Kier alpha value is -2.22. The molecule has 9 heteroatoms. The third kappa shape index (κ3) is 1.88. The lowest BCUT2D eigenvalue weighted by Crippen LogP contribution is -2.33. The number of aromatic nitrogens is 2. The number of carbonyl (C=O) groups excluding carboxylic acids is 1. The first-order valence-electron chi connectivity index (χ1n) is 5.95. The lowest BCUT2D eigenvalue weighted by molar-refractivity contribution is -0.383. The molecule has 104 valence electrons. The monoisotopic (exact) mass is 296 g/mol. The van der Waals surface area contributed by atoms with Crippen LogP contribution in [-0.4, -0.2) is 33.1 Å². The van der Waals surface area contributed by atoms with Crippen LogP contribution in [0.5, 0.6) is 0 Å². The number of nitrogens with zero attached hydrogens (tertiary/aromatic N) is 4. The normalized spacial score (nSPS) is 18.6. The summed E-state index contributed by atoms with van der Waals surface area (Å²) < 4.78 is 4.60. The minimum Gasteiger partial charge on any atom is -0.358 e. The van der Waals surface area contributed by atoms with Crippen molar-refractivity contribution in [2.24, 2.45) is 0 Å². The van der Waals surface area contributed by atoms with E-state index in [0.29, 0.717) is 18.7 Å². The molecule has 1 saturated heterocycles. The van der Waals surface area contributed by atoms with Gasteiger partial charge in [-0.3, -0.25) is 14.9 Å². The largest absolute Gasteiger partial charge is 0.358 e. The summed E-state index contributed by atoms with van der Waals surface area (Å²) in [6, 6.07) is 2.43. The van der Waals surface area contributed by atoms with Gasteiger partial charge in [0.2, 0.25) is 10.8 Å². The molecule has 0 saturated carbocycles. The summed E-state index contributed by atoms with van der Waals surface area (Å²) in [6.45, 7) is 0.628. The number of halogens is 1. The quantitative estimate of drug-likeness (QED) is 0.484. The van der Waals surface area contributed by atoms with Crippen molar-refractivity contribution in [3.63, 3.8) is 0 Å². The molecule has 1 atom stereocenters. The molecule has 0 aliphatic carbocycles. The summed E-state index contributed by atoms with van der Waals surface area (Å²) in [7, 11) is 0. The number of carbonyl (C=O) groups is 1. The lowest BCUT2D eigenvalue weighted by Gasteiger charge is -2.23. The summed E-state index contributed by atoms with van der Waals surface area (Å²) in [4.78, 5) is 23.6. The van der Waals surface area contributed by atoms with Crippen molar-refractivity contribution in [3.8, 4) is 0 Å². The minimum absolute atomic E-state index is 0.0696. The van der Waals surface area contributed by atoms with Crippen LogP contribution in [0.4, 0.5) is 11.4 Å². The number of benzene rings is 1. The smallest absolute Gasteiger partial charge is 0.300 e. The van der Waals surface area contributed by atoms with Crippen LogP contribution >= 0.6 is 11.6 Å². The first-order valence-corrected chi connectivity index (χ1v) is 6.33. The lowest BCUT2D eigenvalue weighted by atomic mass is 10.2. The zero-order valence-electron chi connectivity index (χ0n) is 10.2. The molecule has 3 rings (SSSR count). The van der Waals surface area contributed by atoms with Gasteiger partial charge in [-0.05, 0) is 40.8 Å². The Morgan fingerprint density at radius 2 is 2.20 bits per heavy atom. The van der Waals surface area contributed by atoms with E-state index in [4.69, 9.17) is 11.6 Å². The van der Waals surface area contributed by atoms with Gasteiger partial charge in [-0.25, -0.2) is 4.63 Å². The Kier molecular flexibility index (Phi) is 3.01. The van der Waals surface area contributed by atoms with E-state index in [1.54, 1.807) is 11.0 Å². The molecular weight excluding hydrogens is 288 g/mol. The van der Waals surface area contributed by atoms with Crippen molar-refractivity contribution in [2.45, 2.75) is 18.9 Å². The maximum atomic E-state index is 11.4. The summed E-state index contributed by atoms with van der Waals surface area (Å²) in [6.07, 6.45) is 1.46. The Morgan fingerprint density at radius 3 is 2.90 bits per heavy atom. The zero-order chi connectivity index (χ0) is 14.3. The molecule has 20 heavy (non-hydrogen) atoms.